The molecule has 3 rings (SSSR count). The maximum atomic E-state index is 12.5. The number of sulfonamides is 1. The van der Waals surface area contributed by atoms with Gasteiger partial charge < -0.3 is 9.64 Å². The van der Waals surface area contributed by atoms with Gasteiger partial charge in [0, 0.05) is 25.6 Å². The molecule has 0 saturated carbocycles. The van der Waals surface area contributed by atoms with Crippen LogP contribution in [-0.4, -0.2) is 68.0 Å². The van der Waals surface area contributed by atoms with Crippen LogP contribution < -0.4 is 4.72 Å². The predicted molar refractivity (Wildman–Crippen MR) is 82.1 cm³/mol. The maximum Gasteiger partial charge on any atom is 0.255 e. The van der Waals surface area contributed by atoms with E-state index >= 15 is 0 Å². The molecule has 3 atom stereocenters. The molecular formula is C14H20N4O4S. The Morgan fingerprint density at radius 2 is 2.30 bits per heavy atom. The van der Waals surface area contributed by atoms with E-state index in [1.807, 2.05) is 4.90 Å². The fourth-order valence-corrected chi connectivity index (χ4v) is 3.78. The maximum absolute atomic E-state index is 12.5. The fraction of sp³-hybridized carbons (Fsp3) is 0.643. The lowest BCUT2D eigenvalue weighted by molar-refractivity contribution is 0.0616. The molecule has 0 unspecified atom stereocenters. The Morgan fingerprint density at radius 1 is 1.48 bits per heavy atom. The molecule has 2 aliphatic rings. The minimum atomic E-state index is -3.22. The van der Waals surface area contributed by atoms with Gasteiger partial charge >= 0.3 is 0 Å². The lowest BCUT2D eigenvalue weighted by atomic mass is 9.84. The third-order valence-corrected chi connectivity index (χ3v) is 5.15. The molecule has 1 aromatic heterocycles. The number of ether oxygens (including phenoxy) is 1. The number of nitrogens with one attached hydrogen (secondary N) is 1. The number of piperidine rings is 1. The molecule has 1 amide bonds. The van der Waals surface area contributed by atoms with Crippen LogP contribution in [0.3, 0.4) is 0 Å². The molecule has 0 spiro atoms. The van der Waals surface area contributed by atoms with Crippen LogP contribution in [0, 0.1) is 11.8 Å². The molecule has 3 heterocycles. The molecule has 1 N–H and O–H groups in total. The highest BCUT2D eigenvalue weighted by molar-refractivity contribution is 7.88. The predicted octanol–water partition coefficient (Wildman–Crippen LogP) is -0.497. The molecule has 0 aliphatic carbocycles. The summed E-state index contributed by atoms with van der Waals surface area (Å²) in [6, 6.07) is 1.66. The number of likely N-dealkylation sites (tertiary alicyclic amines) is 1. The average molecular weight is 340 g/mol. The summed E-state index contributed by atoms with van der Waals surface area (Å²) in [5.41, 5.74) is 0.535. The number of aromatic nitrogens is 2. The smallest absolute Gasteiger partial charge is 0.255 e. The number of carbonyl (C=O) groups is 1. The molecule has 0 radical (unpaired) electrons. The molecule has 2 aliphatic heterocycles. The molecule has 1 aromatic rings. The number of fused-ring (bicyclic) bond motifs is 1. The van der Waals surface area contributed by atoms with Crippen LogP contribution in [0.2, 0.25) is 0 Å². The van der Waals surface area contributed by atoms with E-state index in [0.29, 0.717) is 31.8 Å². The largest absolute Gasteiger partial charge is 0.376 e. The van der Waals surface area contributed by atoms with Crippen LogP contribution in [0.4, 0.5) is 0 Å². The number of hydrogen-bond donors (Lipinski definition) is 1. The Kier molecular flexibility index (Phi) is 4.60. The summed E-state index contributed by atoms with van der Waals surface area (Å²) >= 11 is 0. The van der Waals surface area contributed by atoms with E-state index in [9.17, 15) is 13.2 Å². The zero-order chi connectivity index (χ0) is 16.4. The Morgan fingerprint density at radius 3 is 3.00 bits per heavy atom. The zero-order valence-corrected chi connectivity index (χ0v) is 13.7. The highest BCUT2D eigenvalue weighted by Crippen LogP contribution is 2.34. The molecule has 8 nitrogen and oxygen atoms in total. The van der Waals surface area contributed by atoms with Gasteiger partial charge in [0.05, 0.1) is 36.9 Å². The van der Waals surface area contributed by atoms with Crippen molar-refractivity contribution in [3.05, 3.63) is 24.0 Å². The normalized spacial score (nSPS) is 27.7. The molecule has 23 heavy (non-hydrogen) atoms. The van der Waals surface area contributed by atoms with Crippen LogP contribution >= 0.6 is 0 Å². The van der Waals surface area contributed by atoms with E-state index in [-0.39, 0.29) is 23.8 Å². The monoisotopic (exact) mass is 340 g/mol. The average Bonchev–Trinajstić information content (AvgIpc) is 2.94. The highest BCUT2D eigenvalue weighted by atomic mass is 32.2. The Bertz CT molecular complexity index is 667. The third-order valence-electron chi connectivity index (χ3n) is 4.46. The quantitative estimate of drug-likeness (QED) is 0.793. The summed E-state index contributed by atoms with van der Waals surface area (Å²) in [6.07, 6.45) is 4.81. The van der Waals surface area contributed by atoms with Crippen molar-refractivity contribution in [3.63, 3.8) is 0 Å². The summed E-state index contributed by atoms with van der Waals surface area (Å²) in [5, 5.41) is 7.42. The first kappa shape index (κ1) is 16.3. The van der Waals surface area contributed by atoms with Gasteiger partial charge in [-0.05, 0) is 18.4 Å². The van der Waals surface area contributed by atoms with E-state index in [1.54, 1.807) is 6.07 Å². The minimum Gasteiger partial charge on any atom is -0.376 e. The van der Waals surface area contributed by atoms with Gasteiger partial charge in [0.15, 0.2) is 0 Å². The summed E-state index contributed by atoms with van der Waals surface area (Å²) in [6.45, 7) is 2.11. The first-order valence-corrected chi connectivity index (χ1v) is 9.45. The van der Waals surface area contributed by atoms with E-state index < -0.39 is 10.0 Å². The minimum absolute atomic E-state index is 0.0453. The zero-order valence-electron chi connectivity index (χ0n) is 12.9. The van der Waals surface area contributed by atoms with Gasteiger partial charge in [0.1, 0.15) is 0 Å². The molecule has 2 fully saturated rings. The van der Waals surface area contributed by atoms with Crippen molar-refractivity contribution in [2.75, 3.05) is 32.5 Å². The highest BCUT2D eigenvalue weighted by Gasteiger charge is 2.41. The second-order valence-corrected chi connectivity index (χ2v) is 7.92. The number of nitrogens with zero attached hydrogens (tertiary/aromatic N) is 3. The van der Waals surface area contributed by atoms with E-state index in [0.717, 1.165) is 12.7 Å². The van der Waals surface area contributed by atoms with E-state index in [2.05, 4.69) is 14.9 Å². The fourth-order valence-electron chi connectivity index (χ4n) is 3.31. The van der Waals surface area contributed by atoms with Gasteiger partial charge in [-0.3, -0.25) is 4.79 Å². The van der Waals surface area contributed by atoms with Crippen LogP contribution in [0.15, 0.2) is 18.5 Å². The SMILES string of the molecule is CS(=O)(=O)NC[C@@H]1OC[C@H]2CN(C(=O)c3ccnnc3)CC[C@H]21. The number of amides is 1. The number of carbonyl (C=O) groups excluding carboxylic acids is 1. The van der Waals surface area contributed by atoms with Crippen molar-refractivity contribution in [2.45, 2.75) is 12.5 Å². The first-order chi connectivity index (χ1) is 10.9. The van der Waals surface area contributed by atoms with Crippen LogP contribution in [0.1, 0.15) is 16.8 Å². The summed E-state index contributed by atoms with van der Waals surface area (Å²) in [5.74, 6) is 0.480. The second-order valence-electron chi connectivity index (χ2n) is 6.09. The van der Waals surface area contributed by atoms with Crippen LogP contribution in [0.5, 0.6) is 0 Å². The molecule has 9 heteroatoms. The lowest BCUT2D eigenvalue weighted by Crippen LogP contribution is -2.46. The molecule has 2 saturated heterocycles. The lowest BCUT2D eigenvalue weighted by Gasteiger charge is -2.35. The third kappa shape index (κ3) is 3.85. The number of rotatable bonds is 4. The van der Waals surface area contributed by atoms with Crippen molar-refractivity contribution in [1.82, 2.24) is 19.8 Å². The van der Waals surface area contributed by atoms with Crippen LogP contribution in [-0.2, 0) is 14.8 Å². The van der Waals surface area contributed by atoms with Crippen molar-refractivity contribution >= 4 is 15.9 Å². The van der Waals surface area contributed by atoms with Crippen molar-refractivity contribution in [3.8, 4) is 0 Å². The van der Waals surface area contributed by atoms with Crippen molar-refractivity contribution < 1.29 is 17.9 Å². The Labute approximate surface area is 135 Å². The summed E-state index contributed by atoms with van der Waals surface area (Å²) < 4.78 is 30.7. The number of hydrogen-bond acceptors (Lipinski definition) is 6. The Hall–Kier alpha value is -1.58. The van der Waals surface area contributed by atoms with E-state index in [1.165, 1.54) is 12.4 Å². The second kappa shape index (κ2) is 6.50. The van der Waals surface area contributed by atoms with Gasteiger partial charge in [0.25, 0.3) is 5.91 Å². The molecule has 0 bridgehead atoms. The van der Waals surface area contributed by atoms with Crippen molar-refractivity contribution in [1.29, 1.82) is 0 Å². The first-order valence-electron chi connectivity index (χ1n) is 7.56. The molecular weight excluding hydrogens is 320 g/mol. The molecule has 126 valence electrons. The topological polar surface area (TPSA) is 101 Å². The summed E-state index contributed by atoms with van der Waals surface area (Å²) in [4.78, 5) is 14.3. The van der Waals surface area contributed by atoms with Crippen molar-refractivity contribution in [2.24, 2.45) is 11.8 Å². The van der Waals surface area contributed by atoms with Crippen LogP contribution in [0.25, 0.3) is 0 Å². The van der Waals surface area contributed by atoms with Gasteiger partial charge in [0.2, 0.25) is 10.0 Å². The van der Waals surface area contributed by atoms with Gasteiger partial charge in [-0.25, -0.2) is 13.1 Å². The Balaban J connectivity index is 1.59. The standard InChI is InChI=1S/C14H20N4O4S/c1-23(20,21)17-7-13-12-3-5-18(8-11(12)9-22-13)14(19)10-2-4-15-16-6-10/h2,4,6,11-13,17H,3,5,7-9H2,1H3/t11-,12-,13+/m1/s1. The van der Waals surface area contributed by atoms with Gasteiger partial charge in [-0.15, -0.1) is 0 Å². The van der Waals surface area contributed by atoms with E-state index in [4.69, 9.17) is 4.74 Å². The molecule has 0 aromatic carbocycles. The van der Waals surface area contributed by atoms with Gasteiger partial charge in [-0.1, -0.05) is 0 Å². The van der Waals surface area contributed by atoms with Gasteiger partial charge in [-0.2, -0.15) is 10.2 Å². The summed E-state index contributed by atoms with van der Waals surface area (Å²) in [7, 11) is -3.22.